The van der Waals surface area contributed by atoms with Gasteiger partial charge in [-0.2, -0.15) is 4.31 Å². The zero-order valence-corrected chi connectivity index (χ0v) is 19.2. The fourth-order valence-corrected chi connectivity index (χ4v) is 6.11. The Labute approximate surface area is 187 Å². The number of anilines is 1. The van der Waals surface area contributed by atoms with Gasteiger partial charge in [0, 0.05) is 29.1 Å². The highest BCUT2D eigenvalue weighted by Gasteiger charge is 2.27. The van der Waals surface area contributed by atoms with Gasteiger partial charge in [0.2, 0.25) is 10.0 Å². The third-order valence-electron chi connectivity index (χ3n) is 5.47. The molecule has 2 aromatic carbocycles. The molecule has 162 valence electrons. The second-order valence-corrected chi connectivity index (χ2v) is 10.8. The average molecular weight is 456 g/mol. The van der Waals surface area contributed by atoms with Crippen molar-refractivity contribution in [3.63, 3.8) is 0 Å². The van der Waals surface area contributed by atoms with Crippen LogP contribution >= 0.6 is 11.3 Å². The van der Waals surface area contributed by atoms with Crippen molar-refractivity contribution in [3.8, 4) is 11.3 Å². The van der Waals surface area contributed by atoms with Gasteiger partial charge >= 0.3 is 0 Å². The van der Waals surface area contributed by atoms with E-state index in [2.05, 4.69) is 10.3 Å². The zero-order chi connectivity index (χ0) is 22.0. The van der Waals surface area contributed by atoms with Crippen molar-refractivity contribution < 1.29 is 13.2 Å². The number of aryl methyl sites for hydroxylation is 2. The minimum atomic E-state index is -3.61. The van der Waals surface area contributed by atoms with Crippen molar-refractivity contribution in [1.82, 2.24) is 9.29 Å². The van der Waals surface area contributed by atoms with E-state index in [4.69, 9.17) is 0 Å². The summed E-state index contributed by atoms with van der Waals surface area (Å²) in [7, 11) is -3.61. The number of sulfonamides is 1. The second-order valence-electron chi connectivity index (χ2n) is 7.69. The summed E-state index contributed by atoms with van der Waals surface area (Å²) in [6, 6.07) is 14.5. The molecule has 1 aromatic heterocycles. The van der Waals surface area contributed by atoms with Gasteiger partial charge < -0.3 is 0 Å². The first-order chi connectivity index (χ1) is 14.9. The molecule has 0 saturated carbocycles. The molecule has 0 radical (unpaired) electrons. The van der Waals surface area contributed by atoms with Crippen molar-refractivity contribution in [3.05, 3.63) is 64.5 Å². The second kappa shape index (κ2) is 8.90. The monoisotopic (exact) mass is 455 g/mol. The van der Waals surface area contributed by atoms with Crippen LogP contribution in [0, 0.1) is 13.8 Å². The molecule has 8 heteroatoms. The van der Waals surface area contributed by atoms with Gasteiger partial charge in [0.25, 0.3) is 5.91 Å². The van der Waals surface area contributed by atoms with E-state index in [1.165, 1.54) is 21.7 Å². The lowest BCUT2D eigenvalue weighted by atomic mass is 10.1. The standard InChI is InChI=1S/C23H25N3O3S2/c1-16-11-12-19(31(28,29)26-13-7-4-8-14-26)15-20(16)22(27)25-23-24-21(17(2)30-23)18-9-5-3-6-10-18/h3,5-6,9-12,15H,4,7-8,13-14H2,1-2H3,(H,24,25,27). The van der Waals surface area contributed by atoms with Crippen LogP contribution in [0.25, 0.3) is 11.3 Å². The Morgan fingerprint density at radius 3 is 2.45 bits per heavy atom. The lowest BCUT2D eigenvalue weighted by Gasteiger charge is -2.26. The number of amides is 1. The molecule has 2 heterocycles. The van der Waals surface area contributed by atoms with Crippen LogP contribution in [-0.4, -0.2) is 36.7 Å². The smallest absolute Gasteiger partial charge is 0.257 e. The summed E-state index contributed by atoms with van der Waals surface area (Å²) in [5.74, 6) is -0.360. The summed E-state index contributed by atoms with van der Waals surface area (Å²) in [5, 5.41) is 3.34. The molecule has 4 rings (SSSR count). The Morgan fingerprint density at radius 1 is 1.03 bits per heavy atom. The lowest BCUT2D eigenvalue weighted by Crippen LogP contribution is -2.35. The Bertz CT molecular complexity index is 1200. The summed E-state index contributed by atoms with van der Waals surface area (Å²) >= 11 is 1.40. The molecule has 0 atom stereocenters. The first-order valence-corrected chi connectivity index (χ1v) is 12.6. The van der Waals surface area contributed by atoms with Crippen molar-refractivity contribution >= 4 is 32.4 Å². The predicted molar refractivity (Wildman–Crippen MR) is 124 cm³/mol. The molecule has 31 heavy (non-hydrogen) atoms. The number of aromatic nitrogens is 1. The van der Waals surface area contributed by atoms with Crippen LogP contribution in [0.3, 0.4) is 0 Å². The Hall–Kier alpha value is -2.55. The highest BCUT2D eigenvalue weighted by molar-refractivity contribution is 7.89. The maximum Gasteiger partial charge on any atom is 0.257 e. The zero-order valence-electron chi connectivity index (χ0n) is 17.6. The van der Waals surface area contributed by atoms with Crippen molar-refractivity contribution in [1.29, 1.82) is 0 Å². The number of benzene rings is 2. The van der Waals surface area contributed by atoms with Gasteiger partial charge in [-0.3, -0.25) is 10.1 Å². The molecule has 6 nitrogen and oxygen atoms in total. The van der Waals surface area contributed by atoms with E-state index < -0.39 is 10.0 Å². The largest absolute Gasteiger partial charge is 0.298 e. The number of hydrogen-bond acceptors (Lipinski definition) is 5. The molecule has 1 saturated heterocycles. The minimum Gasteiger partial charge on any atom is -0.298 e. The molecular formula is C23H25N3O3S2. The number of nitrogens with zero attached hydrogens (tertiary/aromatic N) is 2. The van der Waals surface area contributed by atoms with Gasteiger partial charge in [-0.1, -0.05) is 42.8 Å². The van der Waals surface area contributed by atoms with Gasteiger partial charge in [0.05, 0.1) is 10.6 Å². The molecule has 1 aliphatic heterocycles. The highest BCUT2D eigenvalue weighted by atomic mass is 32.2. The Morgan fingerprint density at radius 2 is 1.74 bits per heavy atom. The fourth-order valence-electron chi connectivity index (χ4n) is 3.74. The van der Waals surface area contributed by atoms with Gasteiger partial charge in [0.1, 0.15) is 0 Å². The Balaban J connectivity index is 1.59. The molecule has 0 spiro atoms. The molecular weight excluding hydrogens is 430 g/mol. The normalized spacial score (nSPS) is 15.0. The summed E-state index contributed by atoms with van der Waals surface area (Å²) in [4.78, 5) is 18.7. The topological polar surface area (TPSA) is 79.4 Å². The number of thiazole rings is 1. The molecule has 0 unspecified atom stereocenters. The summed E-state index contributed by atoms with van der Waals surface area (Å²) < 4.78 is 27.6. The number of carbonyl (C=O) groups excluding carboxylic acids is 1. The van der Waals surface area contributed by atoms with Gasteiger partial charge in [-0.05, 0) is 44.4 Å². The van der Waals surface area contributed by atoms with Gasteiger partial charge in [-0.25, -0.2) is 13.4 Å². The number of hydrogen-bond donors (Lipinski definition) is 1. The number of nitrogens with one attached hydrogen (secondary N) is 1. The lowest BCUT2D eigenvalue weighted by molar-refractivity contribution is 0.102. The summed E-state index contributed by atoms with van der Waals surface area (Å²) in [6.07, 6.45) is 2.78. The maximum absolute atomic E-state index is 13.0. The van der Waals surface area contributed by atoms with E-state index in [9.17, 15) is 13.2 Å². The van der Waals surface area contributed by atoms with E-state index in [1.54, 1.807) is 19.1 Å². The molecule has 1 fully saturated rings. The van der Waals surface area contributed by atoms with Crippen LogP contribution in [-0.2, 0) is 10.0 Å². The molecule has 1 N–H and O–H groups in total. The van der Waals surface area contributed by atoms with E-state index in [-0.39, 0.29) is 10.8 Å². The quantitative estimate of drug-likeness (QED) is 0.596. The van der Waals surface area contributed by atoms with Gasteiger partial charge in [-0.15, -0.1) is 11.3 Å². The molecule has 3 aromatic rings. The van der Waals surface area contributed by atoms with Crippen LogP contribution in [0.2, 0.25) is 0 Å². The first kappa shape index (κ1) is 21.7. The number of piperidine rings is 1. The predicted octanol–water partition coefficient (Wildman–Crippen LogP) is 4.85. The highest BCUT2D eigenvalue weighted by Crippen LogP contribution is 2.31. The van der Waals surface area contributed by atoms with E-state index in [0.29, 0.717) is 29.3 Å². The molecule has 1 aliphatic rings. The van der Waals surface area contributed by atoms with Gasteiger partial charge in [0.15, 0.2) is 5.13 Å². The minimum absolute atomic E-state index is 0.158. The van der Waals surface area contributed by atoms with Crippen LogP contribution in [0.1, 0.15) is 40.1 Å². The third-order valence-corrected chi connectivity index (χ3v) is 8.25. The van der Waals surface area contributed by atoms with Crippen molar-refractivity contribution in [2.75, 3.05) is 18.4 Å². The van der Waals surface area contributed by atoms with E-state index in [0.717, 1.165) is 35.4 Å². The van der Waals surface area contributed by atoms with Crippen LogP contribution < -0.4 is 5.32 Å². The average Bonchev–Trinajstić information content (AvgIpc) is 3.15. The van der Waals surface area contributed by atoms with Crippen LogP contribution in [0.5, 0.6) is 0 Å². The first-order valence-electron chi connectivity index (χ1n) is 10.3. The molecule has 0 aliphatic carbocycles. The van der Waals surface area contributed by atoms with Crippen molar-refractivity contribution in [2.45, 2.75) is 38.0 Å². The summed E-state index contributed by atoms with van der Waals surface area (Å²) in [6.45, 7) is 4.82. The van der Waals surface area contributed by atoms with Crippen LogP contribution in [0.4, 0.5) is 5.13 Å². The summed E-state index contributed by atoms with van der Waals surface area (Å²) in [5.41, 5.74) is 2.88. The van der Waals surface area contributed by atoms with E-state index >= 15 is 0 Å². The third kappa shape index (κ3) is 4.56. The number of carbonyl (C=O) groups is 1. The Kier molecular flexibility index (Phi) is 6.22. The fraction of sp³-hybridized carbons (Fsp3) is 0.304. The molecule has 0 bridgehead atoms. The van der Waals surface area contributed by atoms with E-state index in [1.807, 2.05) is 37.3 Å². The SMILES string of the molecule is Cc1ccc(S(=O)(=O)N2CCCCC2)cc1C(=O)Nc1nc(-c2ccccc2)c(C)s1. The maximum atomic E-state index is 13.0. The molecule has 1 amide bonds. The number of rotatable bonds is 5. The van der Waals surface area contributed by atoms with Crippen LogP contribution in [0.15, 0.2) is 53.4 Å². The van der Waals surface area contributed by atoms with Crippen molar-refractivity contribution in [2.24, 2.45) is 0 Å².